The number of hydrogen-bond acceptors (Lipinski definition) is 6. The molecule has 4 rings (SSSR count). The van der Waals surface area contributed by atoms with Crippen molar-refractivity contribution in [2.45, 2.75) is 52.6 Å². The summed E-state index contributed by atoms with van der Waals surface area (Å²) in [5.41, 5.74) is 2.35. The van der Waals surface area contributed by atoms with Crippen LogP contribution in [-0.4, -0.2) is 38.3 Å². The van der Waals surface area contributed by atoms with Gasteiger partial charge in [-0.25, -0.2) is 9.97 Å². The monoisotopic (exact) mass is 397 g/mol. The molecule has 0 spiro atoms. The lowest BCUT2D eigenvalue weighted by atomic mass is 10.1. The Morgan fingerprint density at radius 2 is 2.14 bits per heavy atom. The van der Waals surface area contributed by atoms with E-state index < -0.39 is 0 Å². The number of anilines is 1. The maximum absolute atomic E-state index is 13.1. The molecule has 0 aliphatic carbocycles. The van der Waals surface area contributed by atoms with E-state index in [2.05, 4.69) is 27.2 Å². The minimum absolute atomic E-state index is 0.00179. The van der Waals surface area contributed by atoms with Crippen molar-refractivity contribution in [3.8, 4) is 0 Å². The zero-order valence-corrected chi connectivity index (χ0v) is 17.7. The van der Waals surface area contributed by atoms with Gasteiger partial charge >= 0.3 is 0 Å². The van der Waals surface area contributed by atoms with Gasteiger partial charge < -0.3 is 10.2 Å². The molecule has 1 unspecified atom stereocenters. The highest BCUT2D eigenvalue weighted by atomic mass is 32.1. The van der Waals surface area contributed by atoms with Crippen molar-refractivity contribution in [1.82, 2.24) is 19.9 Å². The second-order valence-corrected chi connectivity index (χ2v) is 7.59. The lowest BCUT2D eigenvalue weighted by Gasteiger charge is -2.21. The van der Waals surface area contributed by atoms with E-state index in [1.54, 1.807) is 6.20 Å². The molecule has 2 atom stereocenters. The number of nitrogens with zero attached hydrogens (tertiary/aromatic N) is 4. The molecule has 1 aliphatic heterocycles. The van der Waals surface area contributed by atoms with Gasteiger partial charge in [0, 0.05) is 25.0 Å². The molecule has 28 heavy (non-hydrogen) atoms. The summed E-state index contributed by atoms with van der Waals surface area (Å²) < 4.78 is 0.855. The van der Waals surface area contributed by atoms with Crippen LogP contribution in [0.15, 0.2) is 36.0 Å². The zero-order chi connectivity index (χ0) is 20.1. The summed E-state index contributed by atoms with van der Waals surface area (Å²) in [6, 6.07) is 6.10. The molecule has 0 aromatic carbocycles. The van der Waals surface area contributed by atoms with Crippen molar-refractivity contribution in [1.29, 1.82) is 0 Å². The molecule has 148 valence electrons. The first-order chi connectivity index (χ1) is 13.6. The molecule has 3 aromatic heterocycles. The highest BCUT2D eigenvalue weighted by Crippen LogP contribution is 2.28. The smallest absolute Gasteiger partial charge is 0.274 e. The molecule has 1 amide bonds. The van der Waals surface area contributed by atoms with Crippen molar-refractivity contribution in [2.24, 2.45) is 0 Å². The average molecular weight is 398 g/mol. The first kappa shape index (κ1) is 20.2. The molecule has 1 saturated heterocycles. The van der Waals surface area contributed by atoms with Crippen LogP contribution in [0.5, 0.6) is 0 Å². The maximum Gasteiger partial charge on any atom is 0.274 e. The van der Waals surface area contributed by atoms with Crippen molar-refractivity contribution < 1.29 is 4.79 Å². The van der Waals surface area contributed by atoms with E-state index in [9.17, 15) is 4.79 Å². The van der Waals surface area contributed by atoms with Gasteiger partial charge in [0.15, 0.2) is 5.69 Å². The summed E-state index contributed by atoms with van der Waals surface area (Å²) >= 11 is 1.52. The number of carbonyl (C=O) groups is 1. The van der Waals surface area contributed by atoms with Crippen LogP contribution in [0.3, 0.4) is 0 Å². The summed E-state index contributed by atoms with van der Waals surface area (Å²) in [5, 5.41) is 5.27. The van der Waals surface area contributed by atoms with Gasteiger partial charge in [-0.05, 0) is 49.8 Å². The fourth-order valence-electron chi connectivity index (χ4n) is 3.35. The van der Waals surface area contributed by atoms with E-state index in [-0.39, 0.29) is 18.0 Å². The third-order valence-corrected chi connectivity index (χ3v) is 5.76. The number of nitrogens with one attached hydrogen (secondary N) is 1. The van der Waals surface area contributed by atoms with Crippen LogP contribution in [0, 0.1) is 0 Å². The predicted octanol–water partition coefficient (Wildman–Crippen LogP) is 4.91. The fourth-order valence-corrected chi connectivity index (χ4v) is 4.17. The lowest BCUT2D eigenvalue weighted by Crippen LogP contribution is -2.34. The lowest BCUT2D eigenvalue weighted by molar-refractivity contribution is 0.0744. The molecular formula is C21H27N5OS. The van der Waals surface area contributed by atoms with Crippen LogP contribution in [-0.2, 0) is 0 Å². The largest absolute Gasteiger partial charge is 0.348 e. The number of amides is 1. The third kappa shape index (κ3) is 4.14. The molecular weight excluding hydrogens is 370 g/mol. The molecule has 0 bridgehead atoms. The number of hydrogen-bond donors (Lipinski definition) is 1. The SMILES string of the molecule is CC.CC(Nc1nc(C(=O)N2CCC[C@@H]2C)c2sccc2n1)c1cccnc1. The number of thiophene rings is 1. The molecule has 1 fully saturated rings. The maximum atomic E-state index is 13.1. The number of fused-ring (bicyclic) bond motifs is 1. The predicted molar refractivity (Wildman–Crippen MR) is 115 cm³/mol. The Morgan fingerprint density at radius 3 is 2.82 bits per heavy atom. The van der Waals surface area contributed by atoms with Crippen LogP contribution < -0.4 is 5.32 Å². The van der Waals surface area contributed by atoms with Crippen LogP contribution in [0.2, 0.25) is 0 Å². The Labute approximate surface area is 170 Å². The van der Waals surface area contributed by atoms with Gasteiger partial charge in [-0.2, -0.15) is 0 Å². The van der Waals surface area contributed by atoms with Crippen LogP contribution in [0.25, 0.3) is 10.2 Å². The number of likely N-dealkylation sites (tertiary alicyclic amines) is 1. The highest BCUT2D eigenvalue weighted by Gasteiger charge is 2.29. The van der Waals surface area contributed by atoms with Crippen LogP contribution in [0.4, 0.5) is 5.95 Å². The van der Waals surface area contributed by atoms with Crippen molar-refractivity contribution in [2.75, 3.05) is 11.9 Å². The molecule has 7 heteroatoms. The minimum atomic E-state index is -0.00607. The Hall–Kier alpha value is -2.54. The minimum Gasteiger partial charge on any atom is -0.348 e. The molecule has 1 N–H and O–H groups in total. The van der Waals surface area contributed by atoms with Gasteiger partial charge in [0.25, 0.3) is 5.91 Å². The summed E-state index contributed by atoms with van der Waals surface area (Å²) in [6.45, 7) is 8.93. The van der Waals surface area contributed by atoms with Crippen LogP contribution >= 0.6 is 11.3 Å². The topological polar surface area (TPSA) is 71.0 Å². The van der Waals surface area contributed by atoms with E-state index in [1.165, 1.54) is 11.3 Å². The summed E-state index contributed by atoms with van der Waals surface area (Å²) in [7, 11) is 0. The van der Waals surface area contributed by atoms with Crippen molar-refractivity contribution in [3.63, 3.8) is 0 Å². The Balaban J connectivity index is 0.00000109. The van der Waals surface area contributed by atoms with Gasteiger partial charge in [0.05, 0.1) is 16.3 Å². The number of carbonyl (C=O) groups excluding carboxylic acids is 1. The summed E-state index contributed by atoms with van der Waals surface area (Å²) in [6.07, 6.45) is 5.67. The average Bonchev–Trinajstić information content (AvgIpc) is 3.37. The summed E-state index contributed by atoms with van der Waals surface area (Å²) in [5.74, 6) is 0.476. The van der Waals surface area contributed by atoms with Crippen LogP contribution in [0.1, 0.15) is 62.6 Å². The summed E-state index contributed by atoms with van der Waals surface area (Å²) in [4.78, 5) is 28.3. The highest BCUT2D eigenvalue weighted by molar-refractivity contribution is 7.17. The standard InChI is InChI=1S/C19H21N5OS.C2H6/c1-12-5-4-9-24(12)18(25)16-17-15(7-10-26-17)22-19(23-16)21-13(2)14-6-3-8-20-11-14;1-2/h3,6-8,10-13H,4-5,9H2,1-2H3,(H,21,22,23);1-2H3/t12-,13?;/m0./s1. The van der Waals surface area contributed by atoms with E-state index in [1.807, 2.05) is 55.4 Å². The van der Waals surface area contributed by atoms with Crippen molar-refractivity contribution >= 4 is 33.4 Å². The van der Waals surface area contributed by atoms with Gasteiger partial charge in [-0.15, -0.1) is 11.3 Å². The van der Waals surface area contributed by atoms with E-state index in [4.69, 9.17) is 0 Å². The van der Waals surface area contributed by atoms with E-state index in [0.29, 0.717) is 11.6 Å². The zero-order valence-electron chi connectivity index (χ0n) is 16.8. The number of rotatable bonds is 4. The first-order valence-electron chi connectivity index (χ1n) is 9.86. The van der Waals surface area contributed by atoms with Gasteiger partial charge in [-0.1, -0.05) is 19.9 Å². The van der Waals surface area contributed by atoms with Gasteiger partial charge in [0.2, 0.25) is 5.95 Å². The molecule has 1 aliphatic rings. The third-order valence-electron chi connectivity index (χ3n) is 4.85. The Kier molecular flexibility index (Phi) is 6.57. The normalized spacial score (nSPS) is 17.1. The number of aromatic nitrogens is 3. The van der Waals surface area contributed by atoms with Gasteiger partial charge in [0.1, 0.15) is 0 Å². The number of pyridine rings is 1. The molecule has 3 aromatic rings. The molecule has 6 nitrogen and oxygen atoms in total. The fraction of sp³-hybridized carbons (Fsp3) is 0.429. The Morgan fingerprint density at radius 1 is 1.32 bits per heavy atom. The second kappa shape index (κ2) is 9.10. The van der Waals surface area contributed by atoms with Gasteiger partial charge in [-0.3, -0.25) is 9.78 Å². The Bertz CT molecular complexity index is 927. The molecule has 4 heterocycles. The molecule has 0 radical (unpaired) electrons. The van der Waals surface area contributed by atoms with Crippen molar-refractivity contribution in [3.05, 3.63) is 47.2 Å². The van der Waals surface area contributed by atoms with E-state index in [0.717, 1.165) is 35.2 Å². The quantitative estimate of drug-likeness (QED) is 0.677. The first-order valence-corrected chi connectivity index (χ1v) is 10.7. The second-order valence-electron chi connectivity index (χ2n) is 6.67. The molecule has 0 saturated carbocycles. The van der Waals surface area contributed by atoms with E-state index >= 15 is 0 Å².